The van der Waals surface area contributed by atoms with E-state index in [2.05, 4.69) is 20.1 Å². The van der Waals surface area contributed by atoms with Crippen LogP contribution in [-0.2, 0) is 10.0 Å². The summed E-state index contributed by atoms with van der Waals surface area (Å²) in [6.07, 6.45) is 2.68. The number of aryl methyl sites for hydroxylation is 1. The first-order chi connectivity index (χ1) is 12.1. The van der Waals surface area contributed by atoms with Crippen molar-refractivity contribution in [1.82, 2.24) is 19.3 Å². The summed E-state index contributed by atoms with van der Waals surface area (Å²) in [5.41, 5.74) is 0.663. The second kappa shape index (κ2) is 6.33. The smallest absolute Gasteiger partial charge is 0.246 e. The maximum atomic E-state index is 14.0. The molecule has 3 rings (SSSR count). The summed E-state index contributed by atoms with van der Waals surface area (Å²) in [5, 5.41) is 7.05. The minimum Gasteiger partial charge on any atom is -0.338 e. The van der Waals surface area contributed by atoms with E-state index in [4.69, 9.17) is 0 Å². The van der Waals surface area contributed by atoms with Gasteiger partial charge in [-0.15, -0.1) is 0 Å². The highest BCUT2D eigenvalue weighted by Gasteiger charge is 2.26. The van der Waals surface area contributed by atoms with Crippen LogP contribution in [0.4, 0.5) is 15.9 Å². The minimum absolute atomic E-state index is 0.0409. The molecule has 2 aromatic heterocycles. The van der Waals surface area contributed by atoms with Crippen molar-refractivity contribution in [2.75, 3.05) is 5.32 Å². The second-order valence-corrected chi connectivity index (χ2v) is 8.69. The van der Waals surface area contributed by atoms with Crippen LogP contribution >= 0.6 is 0 Å². The van der Waals surface area contributed by atoms with Crippen LogP contribution in [0.5, 0.6) is 0 Å². The molecule has 2 heterocycles. The van der Waals surface area contributed by atoms with Gasteiger partial charge in [0.05, 0.1) is 11.9 Å². The molecule has 0 spiro atoms. The van der Waals surface area contributed by atoms with Crippen LogP contribution in [0.25, 0.3) is 5.65 Å². The van der Waals surface area contributed by atoms with Gasteiger partial charge in [0.15, 0.2) is 5.65 Å². The molecule has 0 amide bonds. The summed E-state index contributed by atoms with van der Waals surface area (Å²) in [6.45, 7) is 7.09. The van der Waals surface area contributed by atoms with Crippen LogP contribution in [0.2, 0.25) is 0 Å². The number of aromatic nitrogens is 3. The molecule has 138 valence electrons. The van der Waals surface area contributed by atoms with Gasteiger partial charge in [-0.2, -0.15) is 9.61 Å². The van der Waals surface area contributed by atoms with Gasteiger partial charge in [0.2, 0.25) is 10.0 Å². The lowest BCUT2D eigenvalue weighted by molar-refractivity contribution is 0.492. The zero-order valence-corrected chi connectivity index (χ0v) is 15.7. The Kier molecular flexibility index (Phi) is 4.45. The highest BCUT2D eigenvalue weighted by molar-refractivity contribution is 7.89. The highest BCUT2D eigenvalue weighted by Crippen LogP contribution is 2.24. The third-order valence-electron chi connectivity index (χ3n) is 3.48. The molecule has 0 fully saturated rings. The number of sulfonamides is 1. The fourth-order valence-corrected chi connectivity index (χ4v) is 3.97. The lowest BCUT2D eigenvalue weighted by Crippen LogP contribution is -2.40. The van der Waals surface area contributed by atoms with E-state index in [0.717, 1.165) is 5.56 Å². The van der Waals surface area contributed by atoms with Gasteiger partial charge in [-0.3, -0.25) is 0 Å². The molecule has 0 saturated carbocycles. The van der Waals surface area contributed by atoms with Crippen LogP contribution in [0.1, 0.15) is 26.3 Å². The Morgan fingerprint density at radius 1 is 1.19 bits per heavy atom. The zero-order chi connectivity index (χ0) is 19.1. The van der Waals surface area contributed by atoms with Gasteiger partial charge in [0, 0.05) is 11.7 Å². The first kappa shape index (κ1) is 18.3. The van der Waals surface area contributed by atoms with Crippen LogP contribution in [-0.4, -0.2) is 28.6 Å². The third-order valence-corrected chi connectivity index (χ3v) is 5.23. The number of hydrogen-bond donors (Lipinski definition) is 2. The average Bonchev–Trinajstić information content (AvgIpc) is 2.94. The molecular formula is C17H20FN5O2S. The molecule has 7 nitrogen and oxygen atoms in total. The van der Waals surface area contributed by atoms with Crippen molar-refractivity contribution in [3.8, 4) is 0 Å². The lowest BCUT2D eigenvalue weighted by Gasteiger charge is -2.19. The minimum atomic E-state index is -3.80. The van der Waals surface area contributed by atoms with Gasteiger partial charge < -0.3 is 5.32 Å². The standard InChI is InChI=1S/C17H20FN5O2S/c1-11-5-6-12(18)13(9-11)21-15-7-8-19-16-14(10-20-23(15)16)26(24,25)22-17(2,3)4/h5-10,21-22H,1-4H3. The van der Waals surface area contributed by atoms with E-state index < -0.39 is 21.4 Å². The van der Waals surface area contributed by atoms with Crippen LogP contribution in [0.3, 0.4) is 0 Å². The SMILES string of the molecule is Cc1ccc(F)c(Nc2ccnc3c(S(=O)(=O)NC(C)(C)C)cnn23)c1. The van der Waals surface area contributed by atoms with Crippen molar-refractivity contribution in [2.24, 2.45) is 0 Å². The third kappa shape index (κ3) is 3.68. The Morgan fingerprint density at radius 2 is 1.92 bits per heavy atom. The van der Waals surface area contributed by atoms with Crippen molar-refractivity contribution < 1.29 is 12.8 Å². The van der Waals surface area contributed by atoms with E-state index in [1.54, 1.807) is 39.0 Å². The molecule has 0 saturated heterocycles. The Bertz CT molecular complexity index is 1070. The van der Waals surface area contributed by atoms with Gasteiger partial charge >= 0.3 is 0 Å². The molecule has 2 N–H and O–H groups in total. The predicted molar refractivity (Wildman–Crippen MR) is 97.5 cm³/mol. The number of rotatable bonds is 4. The number of hydrogen-bond acceptors (Lipinski definition) is 5. The molecule has 0 atom stereocenters. The first-order valence-corrected chi connectivity index (χ1v) is 9.45. The molecule has 0 bridgehead atoms. The van der Waals surface area contributed by atoms with Gasteiger partial charge in [0.25, 0.3) is 0 Å². The first-order valence-electron chi connectivity index (χ1n) is 7.97. The number of anilines is 2. The second-order valence-electron chi connectivity index (χ2n) is 7.04. The number of fused-ring (bicyclic) bond motifs is 1. The van der Waals surface area contributed by atoms with E-state index in [9.17, 15) is 12.8 Å². The van der Waals surface area contributed by atoms with Crippen molar-refractivity contribution in [3.63, 3.8) is 0 Å². The van der Waals surface area contributed by atoms with E-state index in [1.807, 2.05) is 6.92 Å². The van der Waals surface area contributed by atoms with Crippen molar-refractivity contribution >= 4 is 27.2 Å². The van der Waals surface area contributed by atoms with E-state index in [-0.39, 0.29) is 16.2 Å². The fraction of sp³-hybridized carbons (Fsp3) is 0.294. The van der Waals surface area contributed by atoms with Gasteiger partial charge in [-0.1, -0.05) is 6.07 Å². The van der Waals surface area contributed by atoms with Crippen molar-refractivity contribution in [2.45, 2.75) is 38.1 Å². The highest BCUT2D eigenvalue weighted by atomic mass is 32.2. The molecule has 3 aromatic rings. The van der Waals surface area contributed by atoms with E-state index >= 15 is 0 Å². The molecule has 26 heavy (non-hydrogen) atoms. The lowest BCUT2D eigenvalue weighted by atomic mass is 10.1. The summed E-state index contributed by atoms with van der Waals surface area (Å²) in [5.74, 6) is -0.0216. The Labute approximate surface area is 151 Å². The molecule has 0 aliphatic heterocycles. The Morgan fingerprint density at radius 3 is 2.62 bits per heavy atom. The Hall–Kier alpha value is -2.52. The van der Waals surface area contributed by atoms with Gasteiger partial charge in [-0.25, -0.2) is 22.5 Å². The summed E-state index contributed by atoms with van der Waals surface area (Å²) < 4.78 is 43.1. The molecular weight excluding hydrogens is 357 g/mol. The summed E-state index contributed by atoms with van der Waals surface area (Å²) in [7, 11) is -3.80. The molecule has 1 aromatic carbocycles. The molecule has 0 unspecified atom stereocenters. The molecule has 0 aliphatic rings. The summed E-state index contributed by atoms with van der Waals surface area (Å²) >= 11 is 0. The van der Waals surface area contributed by atoms with E-state index in [0.29, 0.717) is 5.82 Å². The van der Waals surface area contributed by atoms with Crippen LogP contribution in [0.15, 0.2) is 41.6 Å². The zero-order valence-electron chi connectivity index (χ0n) is 14.9. The molecule has 9 heteroatoms. The summed E-state index contributed by atoms with van der Waals surface area (Å²) in [6, 6.07) is 6.28. The number of nitrogens with one attached hydrogen (secondary N) is 2. The molecule has 0 radical (unpaired) electrons. The summed E-state index contributed by atoms with van der Waals surface area (Å²) in [4.78, 5) is 4.09. The quantitative estimate of drug-likeness (QED) is 0.730. The van der Waals surface area contributed by atoms with E-state index in [1.165, 1.54) is 23.0 Å². The van der Waals surface area contributed by atoms with Gasteiger partial charge in [0.1, 0.15) is 16.5 Å². The van der Waals surface area contributed by atoms with Crippen molar-refractivity contribution in [3.05, 3.63) is 48.0 Å². The van der Waals surface area contributed by atoms with Crippen molar-refractivity contribution in [1.29, 1.82) is 0 Å². The number of nitrogens with zero attached hydrogens (tertiary/aromatic N) is 3. The van der Waals surface area contributed by atoms with Crippen LogP contribution < -0.4 is 10.0 Å². The maximum Gasteiger partial charge on any atom is 0.246 e. The fourth-order valence-electron chi connectivity index (χ4n) is 2.49. The average molecular weight is 377 g/mol. The monoisotopic (exact) mass is 377 g/mol. The van der Waals surface area contributed by atoms with Gasteiger partial charge in [-0.05, 0) is 51.5 Å². The number of halogens is 1. The largest absolute Gasteiger partial charge is 0.338 e. The maximum absolute atomic E-state index is 14.0. The number of benzene rings is 1. The van der Waals surface area contributed by atoms with Crippen LogP contribution in [0, 0.1) is 12.7 Å². The normalized spacial score (nSPS) is 12.5. The topological polar surface area (TPSA) is 88.4 Å². The predicted octanol–water partition coefficient (Wildman–Crippen LogP) is 3.00. The Balaban J connectivity index is 2.06. The molecule has 0 aliphatic carbocycles.